The lowest BCUT2D eigenvalue weighted by Crippen LogP contribution is -2.11. The van der Waals surface area contributed by atoms with Crippen LogP contribution in [-0.4, -0.2) is 23.0 Å². The van der Waals surface area contributed by atoms with Gasteiger partial charge in [-0.2, -0.15) is 0 Å². The van der Waals surface area contributed by atoms with Gasteiger partial charge in [0, 0.05) is 17.5 Å². The number of nitrogens with one attached hydrogen (secondary N) is 1. The van der Waals surface area contributed by atoms with Gasteiger partial charge in [-0.05, 0) is 30.7 Å². The summed E-state index contributed by atoms with van der Waals surface area (Å²) < 4.78 is 4.79. The van der Waals surface area contributed by atoms with Gasteiger partial charge in [0.1, 0.15) is 10.7 Å². The number of carbonyl (C=O) groups is 1. The van der Waals surface area contributed by atoms with Crippen LogP contribution in [0.3, 0.4) is 0 Å². The van der Waals surface area contributed by atoms with Crippen molar-refractivity contribution in [3.63, 3.8) is 0 Å². The summed E-state index contributed by atoms with van der Waals surface area (Å²) in [5.41, 5.74) is 2.00. The molecule has 3 rings (SSSR count). The van der Waals surface area contributed by atoms with Gasteiger partial charge in [0.2, 0.25) is 0 Å². The largest absolute Gasteiger partial charge is 0.465 e. The molecule has 0 bridgehead atoms. The van der Waals surface area contributed by atoms with Crippen LogP contribution in [0, 0.1) is 6.92 Å². The summed E-state index contributed by atoms with van der Waals surface area (Å²) >= 11 is 1.31. The second-order valence-electron chi connectivity index (χ2n) is 4.90. The minimum Gasteiger partial charge on any atom is -0.465 e. The maximum Gasteiger partial charge on any atom is 0.348 e. The molecule has 20 heavy (non-hydrogen) atoms. The first-order valence-corrected chi connectivity index (χ1v) is 7.26. The average Bonchev–Trinajstić information content (AvgIpc) is 3.20. The molecule has 0 saturated heterocycles. The molecule has 5 nitrogen and oxygen atoms in total. The molecular formula is C14H14N2O3S. The molecule has 6 heteroatoms. The molecule has 2 aromatic rings. The molecule has 1 aliphatic rings. The number of thiophene rings is 1. The third-order valence-corrected chi connectivity index (χ3v) is 4.40. The van der Waals surface area contributed by atoms with Crippen molar-refractivity contribution in [3.05, 3.63) is 38.1 Å². The number of carbonyl (C=O) groups excluding carboxylic acids is 1. The summed E-state index contributed by atoms with van der Waals surface area (Å²) in [4.78, 5) is 31.4. The zero-order valence-electron chi connectivity index (χ0n) is 11.2. The van der Waals surface area contributed by atoms with Crippen LogP contribution in [0.4, 0.5) is 0 Å². The van der Waals surface area contributed by atoms with Crippen molar-refractivity contribution in [2.75, 3.05) is 7.11 Å². The maximum atomic E-state index is 11.8. The molecule has 0 unspecified atom stereocenters. The van der Waals surface area contributed by atoms with Crippen LogP contribution in [-0.2, 0) is 4.74 Å². The topological polar surface area (TPSA) is 72.1 Å². The first-order chi connectivity index (χ1) is 9.60. The van der Waals surface area contributed by atoms with Crippen LogP contribution in [0.1, 0.15) is 39.8 Å². The van der Waals surface area contributed by atoms with Crippen LogP contribution < -0.4 is 5.56 Å². The summed E-state index contributed by atoms with van der Waals surface area (Å²) in [7, 11) is 1.35. The zero-order valence-corrected chi connectivity index (χ0v) is 12.0. The van der Waals surface area contributed by atoms with Gasteiger partial charge in [-0.25, -0.2) is 9.78 Å². The van der Waals surface area contributed by atoms with Crippen molar-refractivity contribution in [1.82, 2.24) is 9.97 Å². The molecule has 0 aromatic carbocycles. The highest BCUT2D eigenvalue weighted by Gasteiger charge is 2.27. The Morgan fingerprint density at radius 1 is 1.50 bits per heavy atom. The van der Waals surface area contributed by atoms with E-state index in [0.29, 0.717) is 27.9 Å². The predicted molar refractivity (Wildman–Crippen MR) is 76.2 cm³/mol. The maximum absolute atomic E-state index is 11.8. The van der Waals surface area contributed by atoms with Gasteiger partial charge in [-0.3, -0.25) is 4.79 Å². The summed E-state index contributed by atoms with van der Waals surface area (Å²) in [5, 5.41) is 1.88. The van der Waals surface area contributed by atoms with E-state index in [4.69, 9.17) is 4.74 Å². The monoisotopic (exact) mass is 290 g/mol. The Morgan fingerprint density at radius 3 is 2.90 bits per heavy atom. The Morgan fingerprint density at radius 2 is 2.25 bits per heavy atom. The smallest absolute Gasteiger partial charge is 0.348 e. The fraction of sp³-hybridized carbons (Fsp3) is 0.357. The minimum absolute atomic E-state index is 0.182. The minimum atomic E-state index is -0.395. The Labute approximate surface area is 119 Å². The molecule has 0 atom stereocenters. The highest BCUT2D eigenvalue weighted by atomic mass is 32.1. The summed E-state index contributed by atoms with van der Waals surface area (Å²) in [6.45, 7) is 1.90. The molecule has 2 aromatic heterocycles. The van der Waals surface area contributed by atoms with Crippen molar-refractivity contribution in [2.45, 2.75) is 25.7 Å². The van der Waals surface area contributed by atoms with Gasteiger partial charge in [0.05, 0.1) is 12.8 Å². The van der Waals surface area contributed by atoms with Crippen molar-refractivity contribution < 1.29 is 9.53 Å². The van der Waals surface area contributed by atoms with Gasteiger partial charge >= 0.3 is 5.97 Å². The van der Waals surface area contributed by atoms with E-state index in [1.807, 2.05) is 12.3 Å². The number of H-pyrrole nitrogens is 1. The summed E-state index contributed by atoms with van der Waals surface area (Å²) in [5.74, 6) is 0.672. The Balaban J connectivity index is 2.15. The molecule has 104 valence electrons. The SMILES string of the molecule is COC(=O)c1scc(C)c1-c1cc(=O)[nH]c(C2CC2)n1. The van der Waals surface area contributed by atoms with Crippen LogP contribution >= 0.6 is 11.3 Å². The lowest BCUT2D eigenvalue weighted by Gasteiger charge is -2.05. The van der Waals surface area contributed by atoms with E-state index in [1.165, 1.54) is 24.5 Å². The number of aromatic amines is 1. The number of methoxy groups -OCH3 is 1. The van der Waals surface area contributed by atoms with E-state index in [0.717, 1.165) is 18.4 Å². The first kappa shape index (κ1) is 13.1. The first-order valence-electron chi connectivity index (χ1n) is 6.38. The van der Waals surface area contributed by atoms with Crippen LogP contribution in [0.5, 0.6) is 0 Å². The summed E-state index contributed by atoms with van der Waals surface area (Å²) in [6, 6.07) is 1.44. The number of hydrogen-bond donors (Lipinski definition) is 1. The number of rotatable bonds is 3. The number of esters is 1. The fourth-order valence-electron chi connectivity index (χ4n) is 2.16. The van der Waals surface area contributed by atoms with Crippen molar-refractivity contribution >= 4 is 17.3 Å². The van der Waals surface area contributed by atoms with Crippen molar-refractivity contribution in [3.8, 4) is 11.3 Å². The van der Waals surface area contributed by atoms with E-state index in [2.05, 4.69) is 9.97 Å². The predicted octanol–water partition coefficient (Wildman–Crippen LogP) is 2.47. The second-order valence-corrected chi connectivity index (χ2v) is 5.78. The second kappa shape index (κ2) is 4.86. The number of aryl methyl sites for hydroxylation is 1. The average molecular weight is 290 g/mol. The third-order valence-electron chi connectivity index (χ3n) is 3.33. The van der Waals surface area contributed by atoms with Gasteiger partial charge < -0.3 is 9.72 Å². The molecule has 0 radical (unpaired) electrons. The number of ether oxygens (including phenoxy) is 1. The van der Waals surface area contributed by atoms with Crippen molar-refractivity contribution in [2.24, 2.45) is 0 Å². The van der Waals surface area contributed by atoms with E-state index in [-0.39, 0.29) is 5.56 Å². The van der Waals surface area contributed by atoms with E-state index in [9.17, 15) is 9.59 Å². The molecule has 2 heterocycles. The van der Waals surface area contributed by atoms with Crippen molar-refractivity contribution in [1.29, 1.82) is 0 Å². The highest BCUT2D eigenvalue weighted by Crippen LogP contribution is 2.39. The summed E-state index contributed by atoms with van der Waals surface area (Å²) in [6.07, 6.45) is 2.11. The molecular weight excluding hydrogens is 276 g/mol. The Kier molecular flexibility index (Phi) is 3.17. The van der Waals surface area contributed by atoms with Crippen LogP contribution in [0.15, 0.2) is 16.2 Å². The fourth-order valence-corrected chi connectivity index (χ4v) is 3.14. The number of hydrogen-bond acceptors (Lipinski definition) is 5. The van der Waals surface area contributed by atoms with Gasteiger partial charge in [0.15, 0.2) is 0 Å². The Hall–Kier alpha value is -1.95. The normalized spacial score (nSPS) is 14.3. The van der Waals surface area contributed by atoms with Gasteiger partial charge in [0.25, 0.3) is 5.56 Å². The molecule has 0 aliphatic heterocycles. The van der Waals surface area contributed by atoms with Crippen LogP contribution in [0.25, 0.3) is 11.3 Å². The third kappa shape index (κ3) is 2.27. The van der Waals surface area contributed by atoms with E-state index in [1.54, 1.807) is 0 Å². The molecule has 1 fully saturated rings. The molecule has 1 N–H and O–H groups in total. The number of aromatic nitrogens is 2. The molecule has 1 saturated carbocycles. The zero-order chi connectivity index (χ0) is 14.3. The molecule has 0 amide bonds. The highest BCUT2D eigenvalue weighted by molar-refractivity contribution is 7.12. The standard InChI is InChI=1S/C14H14N2O3S/c1-7-6-20-12(14(18)19-2)11(7)9-5-10(17)16-13(15-9)8-3-4-8/h5-6,8H,3-4H2,1-2H3,(H,15,16,17). The quantitative estimate of drug-likeness (QED) is 0.881. The van der Waals surface area contributed by atoms with Crippen LogP contribution in [0.2, 0.25) is 0 Å². The van der Waals surface area contributed by atoms with E-state index < -0.39 is 5.97 Å². The van der Waals surface area contributed by atoms with E-state index >= 15 is 0 Å². The molecule has 1 aliphatic carbocycles. The lowest BCUT2D eigenvalue weighted by atomic mass is 10.1. The lowest BCUT2D eigenvalue weighted by molar-refractivity contribution is 0.0607. The van der Waals surface area contributed by atoms with Gasteiger partial charge in [-0.15, -0.1) is 11.3 Å². The Bertz CT molecular complexity index is 728. The number of nitrogens with zero attached hydrogens (tertiary/aromatic N) is 1. The molecule has 0 spiro atoms. The van der Waals surface area contributed by atoms with Gasteiger partial charge in [-0.1, -0.05) is 0 Å².